The number of rotatable bonds is 8. The average molecular weight is 380 g/mol. The van der Waals surface area contributed by atoms with Crippen LogP contribution in [-0.2, 0) is 4.79 Å². The number of benzene rings is 2. The summed E-state index contributed by atoms with van der Waals surface area (Å²) in [5.41, 5.74) is 2.04. The highest BCUT2D eigenvalue weighted by Gasteiger charge is 2.25. The van der Waals surface area contributed by atoms with Crippen molar-refractivity contribution in [2.75, 3.05) is 33.9 Å². The number of carbonyl (C=O) groups excluding carboxylic acids is 1. The van der Waals surface area contributed by atoms with Gasteiger partial charge in [0, 0.05) is 18.2 Å². The van der Waals surface area contributed by atoms with E-state index in [2.05, 4.69) is 16.3 Å². The fourth-order valence-electron chi connectivity index (χ4n) is 3.60. The molecule has 0 radical (unpaired) electrons. The van der Waals surface area contributed by atoms with Crippen LogP contribution in [0, 0.1) is 0 Å². The number of hydrogen-bond acceptors (Lipinski definition) is 4. The summed E-state index contributed by atoms with van der Waals surface area (Å²) in [7, 11) is 3.32. The molecule has 1 aliphatic heterocycles. The van der Waals surface area contributed by atoms with Gasteiger partial charge in [-0.3, -0.25) is 9.69 Å². The van der Waals surface area contributed by atoms with Crippen LogP contribution in [0.4, 0.5) is 0 Å². The molecule has 0 saturated carbocycles. The summed E-state index contributed by atoms with van der Waals surface area (Å²) in [4.78, 5) is 14.8. The smallest absolute Gasteiger partial charge is 0.244 e. The van der Waals surface area contributed by atoms with Gasteiger partial charge in [0.05, 0.1) is 20.3 Å². The number of nitrogens with one attached hydrogen (secondary N) is 1. The summed E-state index contributed by atoms with van der Waals surface area (Å²) in [5, 5.41) is 3.05. The lowest BCUT2D eigenvalue weighted by Crippen LogP contribution is -2.36. The SMILES string of the molecule is COc1cccc(/C=C/C(=O)NCC(c2ccccc2OC)N2CCCC2)c1. The lowest BCUT2D eigenvalue weighted by molar-refractivity contribution is -0.116. The molecule has 1 unspecified atom stereocenters. The second-order valence-electron chi connectivity index (χ2n) is 6.86. The van der Waals surface area contributed by atoms with Gasteiger partial charge in [-0.25, -0.2) is 0 Å². The quantitative estimate of drug-likeness (QED) is 0.710. The Hall–Kier alpha value is -2.79. The van der Waals surface area contributed by atoms with Gasteiger partial charge in [-0.1, -0.05) is 30.3 Å². The molecule has 0 spiro atoms. The van der Waals surface area contributed by atoms with E-state index in [9.17, 15) is 4.79 Å². The molecule has 1 heterocycles. The molecule has 1 fully saturated rings. The molecule has 28 heavy (non-hydrogen) atoms. The molecule has 1 N–H and O–H groups in total. The van der Waals surface area contributed by atoms with Crippen LogP contribution >= 0.6 is 0 Å². The fourth-order valence-corrected chi connectivity index (χ4v) is 3.60. The van der Waals surface area contributed by atoms with Crippen LogP contribution in [0.2, 0.25) is 0 Å². The average Bonchev–Trinajstić information content (AvgIpc) is 3.27. The summed E-state index contributed by atoms with van der Waals surface area (Å²) >= 11 is 0. The van der Waals surface area contributed by atoms with Gasteiger partial charge in [0.2, 0.25) is 5.91 Å². The van der Waals surface area contributed by atoms with Crippen LogP contribution in [0.5, 0.6) is 11.5 Å². The van der Waals surface area contributed by atoms with Crippen LogP contribution < -0.4 is 14.8 Å². The predicted molar refractivity (Wildman–Crippen MR) is 112 cm³/mol. The van der Waals surface area contributed by atoms with Crippen molar-refractivity contribution in [3.63, 3.8) is 0 Å². The number of methoxy groups -OCH3 is 2. The maximum atomic E-state index is 12.4. The van der Waals surface area contributed by atoms with Crippen molar-refractivity contribution in [2.45, 2.75) is 18.9 Å². The molecular formula is C23H28N2O3. The first-order valence-electron chi connectivity index (χ1n) is 9.68. The highest BCUT2D eigenvalue weighted by molar-refractivity contribution is 5.91. The third-order valence-corrected chi connectivity index (χ3v) is 5.07. The molecule has 1 saturated heterocycles. The van der Waals surface area contributed by atoms with Gasteiger partial charge in [-0.2, -0.15) is 0 Å². The number of hydrogen-bond donors (Lipinski definition) is 1. The molecule has 2 aromatic carbocycles. The van der Waals surface area contributed by atoms with Gasteiger partial charge in [0.25, 0.3) is 0 Å². The van der Waals surface area contributed by atoms with Crippen LogP contribution in [0.1, 0.15) is 30.0 Å². The maximum Gasteiger partial charge on any atom is 0.244 e. The van der Waals surface area contributed by atoms with Crippen LogP contribution in [-0.4, -0.2) is 44.7 Å². The highest BCUT2D eigenvalue weighted by atomic mass is 16.5. The molecule has 5 nitrogen and oxygen atoms in total. The van der Waals surface area contributed by atoms with Gasteiger partial charge < -0.3 is 14.8 Å². The molecule has 148 valence electrons. The standard InChI is InChI=1S/C23H28N2O3/c1-27-19-9-7-8-18(16-19)12-13-23(26)24-17-21(25-14-5-6-15-25)20-10-3-4-11-22(20)28-2/h3-4,7-13,16,21H,5-6,14-15,17H2,1-2H3,(H,24,26)/b13-12+. The van der Waals surface area contributed by atoms with E-state index in [1.54, 1.807) is 26.4 Å². The lowest BCUT2D eigenvalue weighted by Gasteiger charge is -2.29. The number of para-hydroxylation sites is 1. The number of nitrogens with zero attached hydrogens (tertiary/aromatic N) is 1. The monoisotopic (exact) mass is 380 g/mol. The molecule has 0 bridgehead atoms. The molecule has 5 heteroatoms. The van der Waals surface area contributed by atoms with Gasteiger partial charge in [0.15, 0.2) is 0 Å². The first-order chi connectivity index (χ1) is 13.7. The predicted octanol–water partition coefficient (Wildman–Crippen LogP) is 3.67. The van der Waals surface area contributed by atoms with E-state index in [-0.39, 0.29) is 11.9 Å². The van der Waals surface area contributed by atoms with Crippen molar-refractivity contribution >= 4 is 12.0 Å². The minimum Gasteiger partial charge on any atom is -0.497 e. The van der Waals surface area contributed by atoms with Gasteiger partial charge >= 0.3 is 0 Å². The van der Waals surface area contributed by atoms with E-state index >= 15 is 0 Å². The van der Waals surface area contributed by atoms with Crippen LogP contribution in [0.25, 0.3) is 6.08 Å². The summed E-state index contributed by atoms with van der Waals surface area (Å²) in [6.07, 6.45) is 5.74. The summed E-state index contributed by atoms with van der Waals surface area (Å²) in [5.74, 6) is 1.52. The van der Waals surface area contributed by atoms with E-state index in [1.165, 1.54) is 12.8 Å². The third-order valence-electron chi connectivity index (χ3n) is 5.07. The van der Waals surface area contributed by atoms with Crippen molar-refractivity contribution in [3.8, 4) is 11.5 Å². The Bertz CT molecular complexity index is 813. The van der Waals surface area contributed by atoms with Gasteiger partial charge in [-0.05, 0) is 55.8 Å². The minimum absolute atomic E-state index is 0.104. The number of amides is 1. The molecule has 1 atom stereocenters. The Balaban J connectivity index is 1.67. The Labute approximate surface area is 167 Å². The van der Waals surface area contributed by atoms with Gasteiger partial charge in [0.1, 0.15) is 11.5 Å². The number of carbonyl (C=O) groups is 1. The van der Waals surface area contributed by atoms with Gasteiger partial charge in [-0.15, -0.1) is 0 Å². The number of likely N-dealkylation sites (tertiary alicyclic amines) is 1. The van der Waals surface area contributed by atoms with Crippen molar-refractivity contribution < 1.29 is 14.3 Å². The lowest BCUT2D eigenvalue weighted by atomic mass is 10.0. The Morgan fingerprint density at radius 2 is 1.89 bits per heavy atom. The van der Waals surface area contributed by atoms with E-state index in [4.69, 9.17) is 9.47 Å². The zero-order valence-electron chi connectivity index (χ0n) is 16.6. The number of ether oxygens (including phenoxy) is 2. The highest BCUT2D eigenvalue weighted by Crippen LogP contribution is 2.31. The second-order valence-corrected chi connectivity index (χ2v) is 6.86. The Kier molecular flexibility index (Phi) is 7.09. The van der Waals surface area contributed by atoms with E-state index in [0.29, 0.717) is 6.54 Å². The molecular weight excluding hydrogens is 352 g/mol. The van der Waals surface area contributed by atoms with Crippen molar-refractivity contribution in [1.82, 2.24) is 10.2 Å². The molecule has 2 aromatic rings. The topological polar surface area (TPSA) is 50.8 Å². The Morgan fingerprint density at radius 1 is 1.11 bits per heavy atom. The first kappa shape index (κ1) is 20.0. The van der Waals surface area contributed by atoms with Crippen molar-refractivity contribution in [1.29, 1.82) is 0 Å². The zero-order valence-corrected chi connectivity index (χ0v) is 16.6. The molecule has 0 aromatic heterocycles. The van der Waals surface area contributed by atoms with Crippen LogP contribution in [0.3, 0.4) is 0 Å². The van der Waals surface area contributed by atoms with Crippen molar-refractivity contribution in [2.24, 2.45) is 0 Å². The maximum absolute atomic E-state index is 12.4. The third kappa shape index (κ3) is 5.14. The molecule has 1 aliphatic rings. The zero-order chi connectivity index (χ0) is 19.8. The molecule has 0 aliphatic carbocycles. The van der Waals surface area contributed by atoms with Crippen molar-refractivity contribution in [3.05, 3.63) is 65.7 Å². The minimum atomic E-state index is -0.109. The van der Waals surface area contributed by atoms with Crippen LogP contribution in [0.15, 0.2) is 54.6 Å². The van der Waals surface area contributed by atoms with E-state index < -0.39 is 0 Å². The second kappa shape index (κ2) is 9.95. The summed E-state index contributed by atoms with van der Waals surface area (Å²) in [6.45, 7) is 2.62. The van der Waals surface area contributed by atoms with E-state index in [0.717, 1.165) is 35.7 Å². The largest absolute Gasteiger partial charge is 0.497 e. The molecule has 3 rings (SSSR count). The Morgan fingerprint density at radius 3 is 2.64 bits per heavy atom. The van der Waals surface area contributed by atoms with E-state index in [1.807, 2.05) is 42.5 Å². The summed E-state index contributed by atoms with van der Waals surface area (Å²) < 4.78 is 10.8. The first-order valence-corrected chi connectivity index (χ1v) is 9.68. The fraction of sp³-hybridized carbons (Fsp3) is 0.348. The molecule has 1 amide bonds. The summed E-state index contributed by atoms with van der Waals surface area (Å²) in [6, 6.07) is 15.8. The normalized spacial score (nSPS) is 15.5.